The maximum atomic E-state index is 13.8. The van der Waals surface area contributed by atoms with Crippen molar-refractivity contribution in [2.45, 2.75) is 0 Å². The average molecular weight is 604 g/mol. The number of hydrogen-bond donors (Lipinski definition) is 1. The van der Waals surface area contributed by atoms with Gasteiger partial charge >= 0.3 is 5.69 Å². The standard InChI is InChI=1S/C25H15F3N4O9S/c1-40-19-8-12(2-6-18(19)41-17-7-3-13(31(36)37)10-16(17)32(38)39)9-20-24(34)30(25(35)42-20)11-21(33)29-15-5-4-14(26)22(27)23(15)28/h2-10H,11H2,1H3,(H,29,33)/b20-9+. The Kier molecular flexibility index (Phi) is 8.41. The molecule has 0 radical (unpaired) electrons. The van der Waals surface area contributed by atoms with Crippen molar-refractivity contribution in [1.82, 2.24) is 4.90 Å². The van der Waals surface area contributed by atoms with E-state index in [1.165, 1.54) is 31.4 Å². The lowest BCUT2D eigenvalue weighted by atomic mass is 10.1. The van der Waals surface area contributed by atoms with Gasteiger partial charge in [-0.05, 0) is 53.7 Å². The lowest BCUT2D eigenvalue weighted by molar-refractivity contribution is -0.394. The molecule has 0 saturated carbocycles. The summed E-state index contributed by atoms with van der Waals surface area (Å²) in [4.78, 5) is 58.6. The number of non-ortho nitro benzene ring substituents is 1. The quantitative estimate of drug-likeness (QED) is 0.144. The number of nitro benzene ring substituents is 2. The van der Waals surface area contributed by atoms with Crippen molar-refractivity contribution in [2.75, 3.05) is 19.0 Å². The van der Waals surface area contributed by atoms with Crippen molar-refractivity contribution in [2.24, 2.45) is 0 Å². The highest BCUT2D eigenvalue weighted by Crippen LogP contribution is 2.39. The van der Waals surface area contributed by atoms with E-state index in [-0.39, 0.29) is 22.2 Å². The molecule has 1 saturated heterocycles. The maximum Gasteiger partial charge on any atom is 0.318 e. The summed E-state index contributed by atoms with van der Waals surface area (Å²) in [5.74, 6) is -7.12. The lowest BCUT2D eigenvalue weighted by Crippen LogP contribution is -2.36. The van der Waals surface area contributed by atoms with Crippen LogP contribution in [-0.4, -0.2) is 45.5 Å². The van der Waals surface area contributed by atoms with Crippen LogP contribution in [0.5, 0.6) is 17.2 Å². The third kappa shape index (κ3) is 6.15. The van der Waals surface area contributed by atoms with E-state index in [4.69, 9.17) is 9.47 Å². The van der Waals surface area contributed by atoms with Gasteiger partial charge in [0.15, 0.2) is 29.0 Å². The Bertz CT molecular complexity index is 1700. The Morgan fingerprint density at radius 2 is 1.69 bits per heavy atom. The average Bonchev–Trinajstić information content (AvgIpc) is 3.21. The molecule has 1 heterocycles. The summed E-state index contributed by atoms with van der Waals surface area (Å²) in [6.45, 7) is -0.843. The first-order valence-electron chi connectivity index (χ1n) is 11.4. The van der Waals surface area contributed by atoms with Crippen LogP contribution in [0.3, 0.4) is 0 Å². The molecule has 4 rings (SSSR count). The number of ether oxygens (including phenoxy) is 2. The molecule has 216 valence electrons. The molecular formula is C25H15F3N4O9S. The number of nitrogens with one attached hydrogen (secondary N) is 1. The summed E-state index contributed by atoms with van der Waals surface area (Å²) in [7, 11) is 1.26. The van der Waals surface area contributed by atoms with E-state index >= 15 is 0 Å². The fourth-order valence-electron chi connectivity index (χ4n) is 3.57. The summed E-state index contributed by atoms with van der Waals surface area (Å²) in [6, 6.07) is 8.31. The Hall–Kier alpha value is -5.45. The molecule has 0 aliphatic carbocycles. The first-order valence-corrected chi connectivity index (χ1v) is 12.2. The number of hydrogen-bond acceptors (Lipinski definition) is 10. The number of rotatable bonds is 9. The van der Waals surface area contributed by atoms with Crippen molar-refractivity contribution in [3.63, 3.8) is 0 Å². The van der Waals surface area contributed by atoms with Crippen molar-refractivity contribution < 1.29 is 46.9 Å². The van der Waals surface area contributed by atoms with Gasteiger partial charge in [0.2, 0.25) is 11.7 Å². The lowest BCUT2D eigenvalue weighted by Gasteiger charge is -2.13. The highest BCUT2D eigenvalue weighted by atomic mass is 32.2. The van der Waals surface area contributed by atoms with E-state index < -0.39 is 68.0 Å². The van der Waals surface area contributed by atoms with Crippen LogP contribution in [0, 0.1) is 37.7 Å². The largest absolute Gasteiger partial charge is 0.493 e. The highest BCUT2D eigenvalue weighted by molar-refractivity contribution is 8.18. The molecule has 1 aliphatic heterocycles. The van der Waals surface area contributed by atoms with Gasteiger partial charge in [-0.15, -0.1) is 0 Å². The van der Waals surface area contributed by atoms with Crippen LogP contribution in [0.25, 0.3) is 6.08 Å². The Morgan fingerprint density at radius 1 is 0.976 bits per heavy atom. The number of nitrogens with zero attached hydrogens (tertiary/aromatic N) is 3. The number of anilines is 1. The highest BCUT2D eigenvalue weighted by Gasteiger charge is 2.36. The summed E-state index contributed by atoms with van der Waals surface area (Å²) < 4.78 is 51.2. The molecule has 17 heteroatoms. The molecule has 1 N–H and O–H groups in total. The van der Waals surface area contributed by atoms with Crippen molar-refractivity contribution in [3.8, 4) is 17.2 Å². The van der Waals surface area contributed by atoms with E-state index in [9.17, 15) is 47.8 Å². The van der Waals surface area contributed by atoms with Crippen LogP contribution in [0.15, 0.2) is 53.4 Å². The van der Waals surface area contributed by atoms with E-state index in [2.05, 4.69) is 0 Å². The number of benzene rings is 3. The van der Waals surface area contributed by atoms with Crippen molar-refractivity contribution >= 4 is 52.0 Å². The molecule has 0 bridgehead atoms. The zero-order chi connectivity index (χ0) is 30.7. The van der Waals surface area contributed by atoms with E-state index in [0.717, 1.165) is 24.3 Å². The molecule has 3 amide bonds. The van der Waals surface area contributed by atoms with E-state index in [1.54, 1.807) is 0 Å². The number of halogens is 3. The molecule has 0 aromatic heterocycles. The number of carbonyl (C=O) groups is 3. The zero-order valence-electron chi connectivity index (χ0n) is 21.0. The number of thioether (sulfide) groups is 1. The van der Waals surface area contributed by atoms with Crippen LogP contribution in [0.1, 0.15) is 5.56 Å². The Morgan fingerprint density at radius 3 is 2.36 bits per heavy atom. The molecule has 0 spiro atoms. The Labute approximate surface area is 236 Å². The molecule has 13 nitrogen and oxygen atoms in total. The monoisotopic (exact) mass is 604 g/mol. The fourth-order valence-corrected chi connectivity index (χ4v) is 4.41. The zero-order valence-corrected chi connectivity index (χ0v) is 21.8. The predicted octanol–water partition coefficient (Wildman–Crippen LogP) is 5.40. The normalized spacial score (nSPS) is 13.8. The van der Waals surface area contributed by atoms with Gasteiger partial charge in [0, 0.05) is 6.07 Å². The maximum absolute atomic E-state index is 13.8. The SMILES string of the molecule is COc1cc(/C=C2/SC(=O)N(CC(=O)Nc3ccc(F)c(F)c3F)C2=O)ccc1Oc1ccc([N+](=O)[O-])cc1[N+](=O)[O-]. The second-order valence-electron chi connectivity index (χ2n) is 8.22. The molecule has 1 aliphatic rings. The smallest absolute Gasteiger partial charge is 0.318 e. The molecule has 42 heavy (non-hydrogen) atoms. The fraction of sp³-hybridized carbons (Fsp3) is 0.0800. The number of methoxy groups -OCH3 is 1. The minimum Gasteiger partial charge on any atom is -0.493 e. The Balaban J connectivity index is 1.51. The second kappa shape index (κ2) is 12.0. The summed E-state index contributed by atoms with van der Waals surface area (Å²) in [5.41, 5.74) is -1.55. The van der Waals surface area contributed by atoms with Crippen molar-refractivity contribution in [3.05, 3.63) is 96.7 Å². The van der Waals surface area contributed by atoms with Crippen molar-refractivity contribution in [1.29, 1.82) is 0 Å². The summed E-state index contributed by atoms with van der Waals surface area (Å²) in [5, 5.41) is 23.5. The summed E-state index contributed by atoms with van der Waals surface area (Å²) in [6.07, 6.45) is 1.29. The van der Waals surface area contributed by atoms with Gasteiger partial charge in [0.25, 0.3) is 16.8 Å². The first-order chi connectivity index (χ1) is 19.9. The van der Waals surface area contributed by atoms with Gasteiger partial charge in [-0.25, -0.2) is 13.2 Å². The molecule has 3 aromatic rings. The van der Waals surface area contributed by atoms with Crippen LogP contribution in [-0.2, 0) is 9.59 Å². The van der Waals surface area contributed by atoms with Gasteiger partial charge < -0.3 is 14.8 Å². The predicted molar refractivity (Wildman–Crippen MR) is 140 cm³/mol. The summed E-state index contributed by atoms with van der Waals surface area (Å²) >= 11 is 0.494. The second-order valence-corrected chi connectivity index (χ2v) is 9.21. The minimum atomic E-state index is -1.81. The van der Waals surface area contributed by atoms with Gasteiger partial charge in [0.1, 0.15) is 6.54 Å². The first kappa shape index (κ1) is 29.5. The van der Waals surface area contributed by atoms with E-state index in [1.807, 2.05) is 5.32 Å². The molecule has 0 unspecified atom stereocenters. The molecular weight excluding hydrogens is 589 g/mol. The topological polar surface area (TPSA) is 171 Å². The molecule has 0 atom stereocenters. The number of amides is 3. The van der Waals surface area contributed by atoms with E-state index in [0.29, 0.717) is 28.3 Å². The van der Waals surface area contributed by atoms with Crippen LogP contribution in [0.2, 0.25) is 0 Å². The van der Waals surface area contributed by atoms with Crippen LogP contribution in [0.4, 0.5) is 35.0 Å². The number of carbonyl (C=O) groups excluding carboxylic acids is 3. The van der Waals surface area contributed by atoms with Gasteiger partial charge in [0.05, 0.1) is 33.6 Å². The molecule has 1 fully saturated rings. The van der Waals surface area contributed by atoms with Gasteiger partial charge in [-0.3, -0.25) is 39.5 Å². The third-order valence-corrected chi connectivity index (χ3v) is 6.45. The third-order valence-electron chi connectivity index (χ3n) is 5.54. The minimum absolute atomic E-state index is 0.0131. The molecule has 3 aromatic carbocycles. The number of nitro groups is 2. The van der Waals surface area contributed by atoms with Crippen LogP contribution < -0.4 is 14.8 Å². The number of imide groups is 1. The van der Waals surface area contributed by atoms with Gasteiger partial charge in [-0.2, -0.15) is 0 Å². The van der Waals surface area contributed by atoms with Crippen LogP contribution >= 0.6 is 11.8 Å². The van der Waals surface area contributed by atoms with Gasteiger partial charge in [-0.1, -0.05) is 6.07 Å².